The van der Waals surface area contributed by atoms with E-state index in [0.29, 0.717) is 29.0 Å². The largest absolute Gasteiger partial charge is 0.474 e. The minimum atomic E-state index is -3.19. The second kappa shape index (κ2) is 9.84. The summed E-state index contributed by atoms with van der Waals surface area (Å²) in [5, 5.41) is 4.20. The van der Waals surface area contributed by atoms with Gasteiger partial charge < -0.3 is 9.26 Å². The summed E-state index contributed by atoms with van der Waals surface area (Å²) in [5.74, 6) is 1.77. The molecule has 0 N–H and O–H groups in total. The zero-order chi connectivity index (χ0) is 23.5. The van der Waals surface area contributed by atoms with E-state index in [4.69, 9.17) is 9.26 Å². The summed E-state index contributed by atoms with van der Waals surface area (Å²) in [6.45, 7) is 1.62. The Morgan fingerprint density at radius 2 is 1.82 bits per heavy atom. The Balaban J connectivity index is 1.24. The van der Waals surface area contributed by atoms with Gasteiger partial charge in [0.05, 0.1) is 10.9 Å². The summed E-state index contributed by atoms with van der Waals surface area (Å²) in [4.78, 5) is 11.8. The lowest BCUT2D eigenvalue weighted by molar-refractivity contribution is 0.148. The normalized spacial score (nSPS) is 20.0. The van der Waals surface area contributed by atoms with E-state index in [9.17, 15) is 8.42 Å². The first kappa shape index (κ1) is 23.0. The van der Waals surface area contributed by atoms with Crippen LogP contribution < -0.4 is 4.74 Å². The number of ether oxygens (including phenoxy) is 1. The van der Waals surface area contributed by atoms with Gasteiger partial charge in [-0.2, -0.15) is 4.98 Å². The molecule has 34 heavy (non-hydrogen) atoms. The number of pyridine rings is 1. The average molecular weight is 483 g/mol. The van der Waals surface area contributed by atoms with Crippen molar-refractivity contribution in [3.05, 3.63) is 54.0 Å². The molecule has 8 nitrogen and oxygen atoms in total. The van der Waals surface area contributed by atoms with Crippen LogP contribution in [0.15, 0.2) is 52.0 Å². The van der Waals surface area contributed by atoms with Gasteiger partial charge in [-0.25, -0.2) is 13.4 Å². The maximum Gasteiger partial charge on any atom is 0.244 e. The van der Waals surface area contributed by atoms with Crippen LogP contribution in [0.25, 0.3) is 11.4 Å². The van der Waals surface area contributed by atoms with Crippen molar-refractivity contribution in [2.45, 2.75) is 68.5 Å². The highest BCUT2D eigenvalue weighted by Gasteiger charge is 2.31. The molecule has 0 bridgehead atoms. The van der Waals surface area contributed by atoms with Gasteiger partial charge in [0.2, 0.25) is 17.6 Å². The van der Waals surface area contributed by atoms with Crippen LogP contribution in [0.2, 0.25) is 0 Å². The number of hydrogen-bond acceptors (Lipinski definition) is 8. The van der Waals surface area contributed by atoms with Crippen molar-refractivity contribution in [1.29, 1.82) is 0 Å². The van der Waals surface area contributed by atoms with E-state index in [-0.39, 0.29) is 12.1 Å². The van der Waals surface area contributed by atoms with Gasteiger partial charge in [-0.05, 0) is 68.8 Å². The van der Waals surface area contributed by atoms with Crippen LogP contribution in [0.3, 0.4) is 0 Å². The van der Waals surface area contributed by atoms with Crippen molar-refractivity contribution in [2.24, 2.45) is 0 Å². The zero-order valence-electron chi connectivity index (χ0n) is 19.4. The van der Waals surface area contributed by atoms with E-state index in [1.165, 1.54) is 25.5 Å². The molecule has 0 radical (unpaired) electrons. The Morgan fingerprint density at radius 1 is 1.03 bits per heavy atom. The Bertz CT molecular complexity index is 1200. The van der Waals surface area contributed by atoms with E-state index in [2.05, 4.69) is 20.0 Å². The van der Waals surface area contributed by atoms with Crippen molar-refractivity contribution in [2.75, 3.05) is 12.8 Å². The van der Waals surface area contributed by atoms with Crippen LogP contribution in [0.1, 0.15) is 62.4 Å². The first-order chi connectivity index (χ1) is 16.5. The van der Waals surface area contributed by atoms with Crippen LogP contribution in [0, 0.1) is 0 Å². The number of sulfone groups is 1. The van der Waals surface area contributed by atoms with Gasteiger partial charge in [0.15, 0.2) is 9.84 Å². The van der Waals surface area contributed by atoms with Crippen LogP contribution in [-0.4, -0.2) is 47.3 Å². The van der Waals surface area contributed by atoms with Gasteiger partial charge in [-0.3, -0.25) is 4.90 Å². The molecule has 0 spiro atoms. The molecule has 3 heterocycles. The van der Waals surface area contributed by atoms with Gasteiger partial charge in [0, 0.05) is 30.6 Å². The first-order valence-electron chi connectivity index (χ1n) is 12.0. The molecule has 1 aromatic carbocycles. The number of rotatable bonds is 7. The molecule has 1 aliphatic carbocycles. The second-order valence-corrected chi connectivity index (χ2v) is 11.3. The molecule has 1 unspecified atom stereocenters. The molecular formula is C25H30N4O4S. The zero-order valence-corrected chi connectivity index (χ0v) is 20.2. The van der Waals surface area contributed by atoms with Crippen molar-refractivity contribution >= 4 is 9.84 Å². The molecule has 2 aromatic heterocycles. The molecule has 0 amide bonds. The maximum atomic E-state index is 11.7. The molecular weight excluding hydrogens is 452 g/mol. The highest BCUT2D eigenvalue weighted by molar-refractivity contribution is 7.90. The lowest BCUT2D eigenvalue weighted by atomic mass is 9.98. The summed E-state index contributed by atoms with van der Waals surface area (Å²) in [6, 6.07) is 10.9. The lowest BCUT2D eigenvalue weighted by Crippen LogP contribution is -2.23. The molecule has 9 heteroatoms. The molecule has 180 valence electrons. The Kier molecular flexibility index (Phi) is 6.65. The highest BCUT2D eigenvalue weighted by Crippen LogP contribution is 2.33. The minimum Gasteiger partial charge on any atom is -0.474 e. The smallest absolute Gasteiger partial charge is 0.244 e. The second-order valence-electron chi connectivity index (χ2n) is 9.26. The molecule has 2 aliphatic rings. The first-order valence-corrected chi connectivity index (χ1v) is 13.8. The third kappa shape index (κ3) is 5.31. The highest BCUT2D eigenvalue weighted by atomic mass is 32.2. The quantitative estimate of drug-likeness (QED) is 0.482. The van der Waals surface area contributed by atoms with Gasteiger partial charge in [-0.15, -0.1) is 0 Å². The predicted octanol–water partition coefficient (Wildman–Crippen LogP) is 4.58. The molecule has 1 saturated heterocycles. The standard InChI is InChI=1S/C25H30N4O4S/c1-34(30,31)21-12-9-18(10-13-21)17-29-15-5-8-22(29)25-27-24(28-33-25)19-11-14-23(26-16-19)32-20-6-3-2-4-7-20/h9-14,16,20,22H,2-8,15,17H2,1H3. The molecule has 1 aliphatic heterocycles. The van der Waals surface area contributed by atoms with Crippen molar-refractivity contribution in [1.82, 2.24) is 20.0 Å². The number of aromatic nitrogens is 3. The summed E-state index contributed by atoms with van der Waals surface area (Å²) in [7, 11) is -3.19. The number of hydrogen-bond donors (Lipinski definition) is 0. The van der Waals surface area contributed by atoms with E-state index in [0.717, 1.165) is 43.4 Å². The van der Waals surface area contributed by atoms with E-state index < -0.39 is 9.84 Å². The van der Waals surface area contributed by atoms with Gasteiger partial charge in [0.25, 0.3) is 0 Å². The van der Waals surface area contributed by atoms with Crippen molar-refractivity contribution in [3.63, 3.8) is 0 Å². The number of benzene rings is 1. The third-order valence-electron chi connectivity index (χ3n) is 6.66. The van der Waals surface area contributed by atoms with E-state index in [1.807, 2.05) is 24.3 Å². The van der Waals surface area contributed by atoms with Gasteiger partial charge in [0.1, 0.15) is 6.10 Å². The Morgan fingerprint density at radius 3 is 2.53 bits per heavy atom. The van der Waals surface area contributed by atoms with Crippen molar-refractivity contribution in [3.8, 4) is 17.3 Å². The van der Waals surface area contributed by atoms with Crippen LogP contribution in [0.4, 0.5) is 0 Å². The topological polar surface area (TPSA) is 98.4 Å². The fourth-order valence-corrected chi connectivity index (χ4v) is 5.43. The number of likely N-dealkylation sites (tertiary alicyclic amines) is 1. The maximum absolute atomic E-state index is 11.7. The minimum absolute atomic E-state index is 0.0395. The van der Waals surface area contributed by atoms with Gasteiger partial charge >= 0.3 is 0 Å². The third-order valence-corrected chi connectivity index (χ3v) is 7.79. The summed E-state index contributed by atoms with van der Waals surface area (Å²) >= 11 is 0. The fraction of sp³-hybridized carbons (Fsp3) is 0.480. The van der Waals surface area contributed by atoms with E-state index >= 15 is 0 Å². The van der Waals surface area contributed by atoms with Crippen LogP contribution in [0.5, 0.6) is 5.88 Å². The van der Waals surface area contributed by atoms with Gasteiger partial charge in [-0.1, -0.05) is 23.7 Å². The Hall–Kier alpha value is -2.78. The summed E-state index contributed by atoms with van der Waals surface area (Å²) in [6.07, 6.45) is 11.1. The average Bonchev–Trinajstić information content (AvgIpc) is 3.50. The molecule has 5 rings (SSSR count). The molecule has 3 aromatic rings. The molecule has 2 fully saturated rings. The fourth-order valence-electron chi connectivity index (χ4n) is 4.80. The lowest BCUT2D eigenvalue weighted by Gasteiger charge is -2.22. The number of nitrogens with zero attached hydrogens (tertiary/aromatic N) is 4. The van der Waals surface area contributed by atoms with E-state index in [1.54, 1.807) is 18.3 Å². The summed E-state index contributed by atoms with van der Waals surface area (Å²) < 4.78 is 35.1. The molecule has 1 atom stereocenters. The predicted molar refractivity (Wildman–Crippen MR) is 127 cm³/mol. The summed E-state index contributed by atoms with van der Waals surface area (Å²) in [5.41, 5.74) is 1.85. The SMILES string of the molecule is CS(=O)(=O)c1ccc(CN2CCCC2c2nc(-c3ccc(OC4CCCCC4)nc3)no2)cc1. The van der Waals surface area contributed by atoms with Crippen molar-refractivity contribution < 1.29 is 17.7 Å². The van der Waals surface area contributed by atoms with Crippen LogP contribution in [-0.2, 0) is 16.4 Å². The molecule has 1 saturated carbocycles. The monoisotopic (exact) mass is 482 g/mol. The van der Waals surface area contributed by atoms with Crippen LogP contribution >= 0.6 is 0 Å². The Labute approximate surface area is 200 Å².